The van der Waals surface area contributed by atoms with Gasteiger partial charge in [0.05, 0.1) is 6.54 Å². The number of amides is 1. The van der Waals surface area contributed by atoms with Crippen molar-refractivity contribution in [2.45, 2.75) is 32.7 Å². The van der Waals surface area contributed by atoms with Gasteiger partial charge in [-0.15, -0.1) is 0 Å². The highest BCUT2D eigenvalue weighted by Gasteiger charge is 2.21. The van der Waals surface area contributed by atoms with Crippen LogP contribution in [0.4, 0.5) is 0 Å². The molecule has 0 saturated heterocycles. The molecule has 0 fully saturated rings. The van der Waals surface area contributed by atoms with Gasteiger partial charge in [-0.2, -0.15) is 0 Å². The minimum Gasteiger partial charge on any atom is -0.492 e. The third kappa shape index (κ3) is 5.94. The zero-order valence-electron chi connectivity index (χ0n) is 19.1. The zero-order chi connectivity index (χ0) is 23.9. The van der Waals surface area contributed by atoms with Gasteiger partial charge in [-0.05, 0) is 74.2 Å². The highest BCUT2D eigenvalue weighted by Crippen LogP contribution is 2.20. The van der Waals surface area contributed by atoms with Gasteiger partial charge >= 0.3 is 5.63 Å². The lowest BCUT2D eigenvalue weighted by atomic mass is 9.92. The van der Waals surface area contributed by atoms with Crippen molar-refractivity contribution < 1.29 is 19.2 Å². The van der Waals surface area contributed by atoms with Crippen LogP contribution in [-0.4, -0.2) is 22.3 Å². The average molecular weight is 461 g/mol. The molecular formula is C27H28N2O5. The largest absolute Gasteiger partial charge is 0.492 e. The first kappa shape index (κ1) is 23.3. The molecule has 1 unspecified atom stereocenters. The third-order valence-electron chi connectivity index (χ3n) is 5.90. The van der Waals surface area contributed by atoms with Crippen LogP contribution in [0.1, 0.15) is 23.1 Å². The minimum absolute atomic E-state index is 0.180. The highest BCUT2D eigenvalue weighted by molar-refractivity contribution is 5.79. The maximum absolute atomic E-state index is 12.5. The van der Waals surface area contributed by atoms with Crippen LogP contribution in [0.2, 0.25) is 0 Å². The number of benzene rings is 2. The van der Waals surface area contributed by atoms with Crippen LogP contribution in [-0.2, 0) is 24.2 Å². The molecule has 176 valence electrons. The molecule has 2 heterocycles. The summed E-state index contributed by atoms with van der Waals surface area (Å²) in [5.41, 5.74) is 4.29. The van der Waals surface area contributed by atoms with Crippen LogP contribution >= 0.6 is 0 Å². The second kappa shape index (κ2) is 10.9. The summed E-state index contributed by atoms with van der Waals surface area (Å²) >= 11 is 0. The molecular weight excluding hydrogens is 432 g/mol. The SMILES string of the molecule is Cc1ccc2oc(=O)c(CC(CCc3ccc(OCCn4cccc4)cc3)C(=O)NO)cc2c1. The molecule has 1 amide bonds. The number of carbonyl (C=O) groups excluding carboxylic acids is 1. The molecule has 7 heteroatoms. The molecule has 0 aliphatic carbocycles. The summed E-state index contributed by atoms with van der Waals surface area (Å²) in [4.78, 5) is 24.8. The van der Waals surface area contributed by atoms with E-state index in [1.807, 2.05) is 67.8 Å². The van der Waals surface area contributed by atoms with Crippen LogP contribution in [0.25, 0.3) is 11.0 Å². The third-order valence-corrected chi connectivity index (χ3v) is 5.90. The molecule has 2 aromatic heterocycles. The molecule has 34 heavy (non-hydrogen) atoms. The fourth-order valence-electron chi connectivity index (χ4n) is 3.99. The summed E-state index contributed by atoms with van der Waals surface area (Å²) in [7, 11) is 0. The Hall–Kier alpha value is -3.84. The van der Waals surface area contributed by atoms with Gasteiger partial charge in [-0.3, -0.25) is 10.0 Å². The molecule has 4 aromatic rings. The maximum atomic E-state index is 12.5. The summed E-state index contributed by atoms with van der Waals surface area (Å²) in [5.74, 6) is -0.314. The number of nitrogens with zero attached hydrogens (tertiary/aromatic N) is 1. The van der Waals surface area contributed by atoms with E-state index in [9.17, 15) is 14.8 Å². The van der Waals surface area contributed by atoms with E-state index in [4.69, 9.17) is 9.15 Å². The van der Waals surface area contributed by atoms with Gasteiger partial charge in [0.1, 0.15) is 17.9 Å². The van der Waals surface area contributed by atoms with Gasteiger partial charge in [0, 0.05) is 29.3 Å². The fourth-order valence-corrected chi connectivity index (χ4v) is 3.99. The lowest BCUT2D eigenvalue weighted by Crippen LogP contribution is -2.31. The highest BCUT2D eigenvalue weighted by atomic mass is 16.5. The molecule has 2 aromatic carbocycles. The maximum Gasteiger partial charge on any atom is 0.339 e. The Labute approximate surface area is 197 Å². The predicted octanol–water partition coefficient (Wildman–Crippen LogP) is 4.28. The monoisotopic (exact) mass is 460 g/mol. The summed E-state index contributed by atoms with van der Waals surface area (Å²) in [6.07, 6.45) is 5.24. The Bertz CT molecular complexity index is 1290. The van der Waals surface area contributed by atoms with Gasteiger partial charge in [0.25, 0.3) is 0 Å². The number of hydrogen-bond acceptors (Lipinski definition) is 5. The lowest BCUT2D eigenvalue weighted by Gasteiger charge is -2.15. The standard InChI is InChI=1S/C27H28N2O5/c1-19-4-11-25-22(16-19)18-23(27(31)34-25)17-21(26(30)28-32)8-5-20-6-9-24(10-7-20)33-15-14-29-12-2-3-13-29/h2-4,6-7,9-13,16,18,21,32H,5,8,14-15,17H2,1H3,(H,28,30). The van der Waals surface area contributed by atoms with Crippen molar-refractivity contribution in [2.75, 3.05) is 6.61 Å². The smallest absolute Gasteiger partial charge is 0.339 e. The number of aromatic nitrogens is 1. The van der Waals surface area contributed by atoms with Gasteiger partial charge in [-0.25, -0.2) is 10.3 Å². The molecule has 0 radical (unpaired) electrons. The summed E-state index contributed by atoms with van der Waals surface area (Å²) in [6, 6.07) is 19.1. The molecule has 4 rings (SSSR count). The van der Waals surface area contributed by atoms with Crippen molar-refractivity contribution in [3.8, 4) is 5.75 Å². The Kier molecular flexibility index (Phi) is 7.44. The van der Waals surface area contributed by atoms with Crippen LogP contribution in [0.3, 0.4) is 0 Å². The quantitative estimate of drug-likeness (QED) is 0.209. The molecule has 1 atom stereocenters. The Morgan fingerprint density at radius 3 is 2.62 bits per heavy atom. The Morgan fingerprint density at radius 1 is 1.12 bits per heavy atom. The molecule has 0 bridgehead atoms. The number of nitrogens with one attached hydrogen (secondary N) is 1. The first-order valence-electron chi connectivity index (χ1n) is 11.3. The molecule has 2 N–H and O–H groups in total. The number of hydrogen-bond donors (Lipinski definition) is 2. The number of hydroxylamine groups is 1. The Morgan fingerprint density at radius 2 is 1.88 bits per heavy atom. The van der Waals surface area contributed by atoms with E-state index in [-0.39, 0.29) is 6.42 Å². The fraction of sp³-hybridized carbons (Fsp3) is 0.259. The molecule has 0 spiro atoms. The number of ether oxygens (including phenoxy) is 1. The van der Waals surface area contributed by atoms with Crippen molar-refractivity contribution in [1.29, 1.82) is 0 Å². The zero-order valence-corrected chi connectivity index (χ0v) is 19.1. The molecule has 7 nitrogen and oxygen atoms in total. The van der Waals surface area contributed by atoms with E-state index in [0.29, 0.717) is 30.6 Å². The van der Waals surface area contributed by atoms with Crippen LogP contribution < -0.4 is 15.8 Å². The van der Waals surface area contributed by atoms with Gasteiger partial charge in [-0.1, -0.05) is 23.8 Å². The average Bonchev–Trinajstić information content (AvgIpc) is 3.36. The lowest BCUT2D eigenvalue weighted by molar-refractivity contribution is -0.133. The number of rotatable bonds is 10. The first-order chi connectivity index (χ1) is 16.5. The van der Waals surface area contributed by atoms with Crippen molar-refractivity contribution in [3.63, 3.8) is 0 Å². The number of carbonyl (C=O) groups is 1. The van der Waals surface area contributed by atoms with E-state index >= 15 is 0 Å². The Balaban J connectivity index is 1.38. The van der Waals surface area contributed by atoms with Gasteiger partial charge in [0.15, 0.2) is 0 Å². The normalized spacial score (nSPS) is 11.9. The molecule has 0 saturated carbocycles. The van der Waals surface area contributed by atoms with Crippen molar-refractivity contribution in [1.82, 2.24) is 10.0 Å². The van der Waals surface area contributed by atoms with E-state index in [2.05, 4.69) is 4.57 Å². The van der Waals surface area contributed by atoms with Gasteiger partial charge in [0.2, 0.25) is 5.91 Å². The van der Waals surface area contributed by atoms with Crippen LogP contribution in [0.5, 0.6) is 5.75 Å². The summed E-state index contributed by atoms with van der Waals surface area (Å²) in [5, 5.41) is 10.0. The van der Waals surface area contributed by atoms with Crippen molar-refractivity contribution >= 4 is 16.9 Å². The van der Waals surface area contributed by atoms with E-state index in [0.717, 1.165) is 28.8 Å². The van der Waals surface area contributed by atoms with Gasteiger partial charge < -0.3 is 13.7 Å². The summed E-state index contributed by atoms with van der Waals surface area (Å²) < 4.78 is 13.3. The molecule has 0 aliphatic rings. The predicted molar refractivity (Wildman–Crippen MR) is 129 cm³/mol. The second-order valence-electron chi connectivity index (χ2n) is 8.43. The number of aryl methyl sites for hydroxylation is 2. The second-order valence-corrected chi connectivity index (χ2v) is 8.43. The van der Waals surface area contributed by atoms with E-state index in [1.54, 1.807) is 17.6 Å². The van der Waals surface area contributed by atoms with Crippen LogP contribution in [0, 0.1) is 12.8 Å². The molecule has 0 aliphatic heterocycles. The minimum atomic E-state index is -0.576. The van der Waals surface area contributed by atoms with Crippen LogP contribution in [0.15, 0.2) is 82.3 Å². The van der Waals surface area contributed by atoms with Crippen molar-refractivity contribution in [2.24, 2.45) is 5.92 Å². The van der Waals surface area contributed by atoms with E-state index < -0.39 is 17.5 Å². The number of fused-ring (bicyclic) bond motifs is 1. The van der Waals surface area contributed by atoms with E-state index in [1.165, 1.54) is 0 Å². The first-order valence-corrected chi connectivity index (χ1v) is 11.3. The topological polar surface area (TPSA) is 93.7 Å². The summed E-state index contributed by atoms with van der Waals surface area (Å²) in [6.45, 7) is 3.31. The van der Waals surface area contributed by atoms with Crippen molar-refractivity contribution in [3.05, 3.63) is 100 Å².